The molecule has 5 heteroatoms. The topological polar surface area (TPSA) is 81.3 Å². The van der Waals surface area contributed by atoms with Crippen LogP contribution in [0.1, 0.15) is 11.1 Å². The Hall–Kier alpha value is -1.73. The molecule has 14 heavy (non-hydrogen) atoms. The van der Waals surface area contributed by atoms with Crippen molar-refractivity contribution in [2.75, 3.05) is 0 Å². The Labute approximate surface area is 85.0 Å². The molecule has 0 atom stereocenters. The van der Waals surface area contributed by atoms with Crippen LogP contribution in [-0.4, -0.2) is 16.2 Å². The van der Waals surface area contributed by atoms with Crippen molar-refractivity contribution in [3.63, 3.8) is 0 Å². The van der Waals surface area contributed by atoms with Gasteiger partial charge in [-0.05, 0) is 17.7 Å². The quantitative estimate of drug-likeness (QED) is 0.778. The molecule has 0 amide bonds. The molecule has 0 unspecified atom stereocenters. The minimum absolute atomic E-state index is 0.0419. The Kier molecular flexibility index (Phi) is 2.95. The van der Waals surface area contributed by atoms with Gasteiger partial charge in [0.15, 0.2) is 0 Å². The number of aliphatic carboxylic acids is 1. The molecule has 0 saturated carbocycles. The minimum Gasteiger partial charge on any atom is -0.506 e. The molecule has 0 aromatic heterocycles. The van der Waals surface area contributed by atoms with Crippen molar-refractivity contribution >= 4 is 17.6 Å². The minimum atomic E-state index is -1.05. The highest BCUT2D eigenvalue weighted by atomic mass is 35.5. The van der Waals surface area contributed by atoms with Crippen molar-refractivity contribution in [1.29, 1.82) is 5.26 Å². The summed E-state index contributed by atoms with van der Waals surface area (Å²) in [5.41, 5.74) is 0.414. The molecule has 1 aromatic carbocycles. The van der Waals surface area contributed by atoms with E-state index in [9.17, 15) is 4.79 Å². The highest BCUT2D eigenvalue weighted by Crippen LogP contribution is 2.26. The number of benzene rings is 1. The Morgan fingerprint density at radius 1 is 1.57 bits per heavy atom. The van der Waals surface area contributed by atoms with Crippen molar-refractivity contribution < 1.29 is 15.0 Å². The number of rotatable bonds is 2. The molecule has 0 saturated heterocycles. The van der Waals surface area contributed by atoms with E-state index in [1.165, 1.54) is 6.07 Å². The highest BCUT2D eigenvalue weighted by Gasteiger charge is 2.10. The Balaban J connectivity index is 3.22. The van der Waals surface area contributed by atoms with Crippen molar-refractivity contribution in [3.8, 4) is 11.8 Å². The van der Waals surface area contributed by atoms with Crippen molar-refractivity contribution in [1.82, 2.24) is 0 Å². The standard InChI is InChI=1S/C9H6ClNO3/c10-7-1-5(3-9(13)14)6(4-11)2-8(7)12/h1-2,12H,3H2,(H,13,14). The van der Waals surface area contributed by atoms with Gasteiger partial charge in [0.25, 0.3) is 0 Å². The lowest BCUT2D eigenvalue weighted by Gasteiger charge is -2.03. The number of nitriles is 1. The largest absolute Gasteiger partial charge is 0.506 e. The van der Waals surface area contributed by atoms with Crippen molar-refractivity contribution in [3.05, 3.63) is 28.3 Å². The molecule has 1 rings (SSSR count). The molecule has 0 bridgehead atoms. The van der Waals surface area contributed by atoms with Crippen LogP contribution in [0.25, 0.3) is 0 Å². The summed E-state index contributed by atoms with van der Waals surface area (Å²) in [4.78, 5) is 10.4. The summed E-state index contributed by atoms with van der Waals surface area (Å²) in [5, 5.41) is 26.4. The maximum absolute atomic E-state index is 10.4. The van der Waals surface area contributed by atoms with Gasteiger partial charge in [-0.1, -0.05) is 11.6 Å². The Bertz CT molecular complexity index is 423. The van der Waals surface area contributed by atoms with Crippen molar-refractivity contribution in [2.24, 2.45) is 0 Å². The zero-order valence-corrected chi connectivity index (χ0v) is 7.75. The fourth-order valence-electron chi connectivity index (χ4n) is 1.02. The molecule has 4 nitrogen and oxygen atoms in total. The van der Waals surface area contributed by atoms with Gasteiger partial charge >= 0.3 is 5.97 Å². The third-order valence-corrected chi connectivity index (χ3v) is 1.94. The van der Waals surface area contributed by atoms with Gasteiger partial charge < -0.3 is 10.2 Å². The first-order valence-corrected chi connectivity index (χ1v) is 4.05. The molecule has 72 valence electrons. The summed E-state index contributed by atoms with van der Waals surface area (Å²) < 4.78 is 0. The van der Waals surface area contributed by atoms with Gasteiger partial charge in [-0.15, -0.1) is 0 Å². The lowest BCUT2D eigenvalue weighted by atomic mass is 10.1. The second kappa shape index (κ2) is 3.99. The first-order chi connectivity index (χ1) is 6.54. The zero-order valence-electron chi connectivity index (χ0n) is 6.99. The van der Waals surface area contributed by atoms with E-state index in [1.807, 2.05) is 0 Å². The first-order valence-electron chi connectivity index (χ1n) is 3.68. The normalized spacial score (nSPS) is 9.43. The second-order valence-corrected chi connectivity index (χ2v) is 3.05. The molecule has 0 radical (unpaired) electrons. The fraction of sp³-hybridized carbons (Fsp3) is 0.111. The molecule has 0 heterocycles. The van der Waals surface area contributed by atoms with Crippen LogP contribution < -0.4 is 0 Å². The lowest BCUT2D eigenvalue weighted by Crippen LogP contribution is -2.02. The number of hydrogen-bond acceptors (Lipinski definition) is 3. The molecule has 0 aliphatic rings. The number of carboxylic acids is 1. The van der Waals surface area contributed by atoms with Gasteiger partial charge in [0.1, 0.15) is 5.75 Å². The number of hydrogen-bond donors (Lipinski definition) is 2. The third-order valence-electron chi connectivity index (χ3n) is 1.63. The van der Waals surface area contributed by atoms with Crippen molar-refractivity contribution in [2.45, 2.75) is 6.42 Å². The summed E-state index contributed by atoms with van der Waals surface area (Å²) in [5.74, 6) is -1.28. The number of aromatic hydroxyl groups is 1. The van der Waals surface area contributed by atoms with Crippen LogP contribution in [0.3, 0.4) is 0 Å². The van der Waals surface area contributed by atoms with E-state index in [0.717, 1.165) is 6.07 Å². The number of phenolic OH excluding ortho intramolecular Hbond substituents is 1. The molecule has 0 aliphatic heterocycles. The van der Waals surface area contributed by atoms with Crippen LogP contribution in [-0.2, 0) is 11.2 Å². The SMILES string of the molecule is N#Cc1cc(O)c(Cl)cc1CC(=O)O. The van der Waals surface area contributed by atoms with E-state index in [4.69, 9.17) is 27.1 Å². The van der Waals surface area contributed by atoms with Gasteiger partial charge in [-0.2, -0.15) is 5.26 Å². The number of carbonyl (C=O) groups is 1. The zero-order chi connectivity index (χ0) is 10.7. The molecule has 0 spiro atoms. The average Bonchev–Trinajstić information content (AvgIpc) is 2.10. The number of phenols is 1. The maximum Gasteiger partial charge on any atom is 0.307 e. The van der Waals surface area contributed by atoms with Crippen LogP contribution in [0, 0.1) is 11.3 Å². The van der Waals surface area contributed by atoms with Crippen LogP contribution in [0.15, 0.2) is 12.1 Å². The van der Waals surface area contributed by atoms with Crippen LogP contribution in [0.4, 0.5) is 0 Å². The molecule has 2 N–H and O–H groups in total. The van der Waals surface area contributed by atoms with E-state index in [1.54, 1.807) is 6.07 Å². The van der Waals surface area contributed by atoms with E-state index in [0.29, 0.717) is 5.56 Å². The van der Waals surface area contributed by atoms with Crippen LogP contribution in [0.5, 0.6) is 5.75 Å². The average molecular weight is 212 g/mol. The fourth-order valence-corrected chi connectivity index (χ4v) is 1.20. The van der Waals surface area contributed by atoms with Gasteiger partial charge in [0.05, 0.1) is 23.1 Å². The van der Waals surface area contributed by atoms with Gasteiger partial charge in [-0.25, -0.2) is 0 Å². The van der Waals surface area contributed by atoms with E-state index in [2.05, 4.69) is 0 Å². The maximum atomic E-state index is 10.4. The molecular formula is C9H6ClNO3. The van der Waals surface area contributed by atoms with Crippen LogP contribution >= 0.6 is 11.6 Å². The van der Waals surface area contributed by atoms with Gasteiger partial charge in [0, 0.05) is 0 Å². The van der Waals surface area contributed by atoms with E-state index >= 15 is 0 Å². The van der Waals surface area contributed by atoms with Crippen LogP contribution in [0.2, 0.25) is 5.02 Å². The van der Waals surface area contributed by atoms with E-state index in [-0.39, 0.29) is 22.8 Å². The summed E-state index contributed by atoms with van der Waals surface area (Å²) in [6.45, 7) is 0. The smallest absolute Gasteiger partial charge is 0.307 e. The molecule has 1 aromatic rings. The van der Waals surface area contributed by atoms with E-state index < -0.39 is 5.97 Å². The van der Waals surface area contributed by atoms with Gasteiger partial charge in [-0.3, -0.25) is 4.79 Å². The third kappa shape index (κ3) is 2.15. The second-order valence-electron chi connectivity index (χ2n) is 2.64. The summed E-state index contributed by atoms with van der Waals surface area (Å²) in [7, 11) is 0. The Morgan fingerprint density at radius 2 is 2.21 bits per heavy atom. The highest BCUT2D eigenvalue weighted by molar-refractivity contribution is 6.32. The molecule has 0 fully saturated rings. The Morgan fingerprint density at radius 3 is 2.71 bits per heavy atom. The predicted molar refractivity (Wildman–Crippen MR) is 49.2 cm³/mol. The predicted octanol–water partition coefficient (Wildman–Crippen LogP) is 1.54. The first kappa shape index (κ1) is 10.4. The summed E-state index contributed by atoms with van der Waals surface area (Å²) in [6, 6.07) is 4.22. The number of carboxylic acid groups (broad SMARTS) is 1. The number of halogens is 1. The lowest BCUT2D eigenvalue weighted by molar-refractivity contribution is -0.136. The monoisotopic (exact) mass is 211 g/mol. The summed E-state index contributed by atoms with van der Waals surface area (Å²) >= 11 is 5.57. The molecule has 0 aliphatic carbocycles. The molecular weight excluding hydrogens is 206 g/mol. The number of nitrogens with zero attached hydrogens (tertiary/aromatic N) is 1. The van der Waals surface area contributed by atoms with Gasteiger partial charge in [0.2, 0.25) is 0 Å². The summed E-state index contributed by atoms with van der Waals surface area (Å²) in [6.07, 6.45) is -0.289.